The number of rotatable bonds is 7. The molecular weight excluding hydrogens is 611 g/mol. The smallest absolute Gasteiger partial charge is 0.416 e. The molecule has 1 fully saturated rings. The average Bonchev–Trinajstić information content (AvgIpc) is 3.48. The van der Waals surface area contributed by atoms with Crippen molar-refractivity contribution in [2.45, 2.75) is 46.2 Å². The number of likely N-dealkylation sites (tertiary alicyclic amines) is 1. The maximum absolute atomic E-state index is 14.4. The molecule has 4 aromatic rings. The van der Waals surface area contributed by atoms with Gasteiger partial charge in [-0.15, -0.1) is 11.3 Å². The predicted octanol–water partition coefficient (Wildman–Crippen LogP) is 8.75. The number of hydrogen-bond acceptors (Lipinski definition) is 5. The Morgan fingerprint density at radius 3 is 2.41 bits per heavy atom. The van der Waals surface area contributed by atoms with Gasteiger partial charge in [0.05, 0.1) is 45.4 Å². The van der Waals surface area contributed by atoms with Crippen molar-refractivity contribution < 1.29 is 22.7 Å². The first-order valence-electron chi connectivity index (χ1n) is 14.3. The lowest BCUT2D eigenvalue weighted by Gasteiger charge is -2.28. The third kappa shape index (κ3) is 6.61. The molecule has 230 valence electrons. The van der Waals surface area contributed by atoms with Gasteiger partial charge in [0.15, 0.2) is 0 Å². The molecule has 0 unspecified atom stereocenters. The Morgan fingerprint density at radius 2 is 1.77 bits per heavy atom. The highest BCUT2D eigenvalue weighted by molar-refractivity contribution is 7.13. The summed E-state index contributed by atoms with van der Waals surface area (Å²) >= 11 is 7.87. The number of aromatic nitrogens is 2. The second-order valence-corrected chi connectivity index (χ2v) is 12.0. The first-order valence-corrected chi connectivity index (χ1v) is 15.5. The number of carbonyl (C=O) groups is 1. The summed E-state index contributed by atoms with van der Waals surface area (Å²) in [6, 6.07) is 11.3. The van der Waals surface area contributed by atoms with Gasteiger partial charge in [-0.05, 0) is 76.4 Å². The molecule has 1 saturated heterocycles. The van der Waals surface area contributed by atoms with Crippen LogP contribution in [0.2, 0.25) is 5.02 Å². The fraction of sp³-hybridized carbons (Fsp3) is 0.303. The molecule has 5 rings (SSSR count). The normalized spacial score (nSPS) is 13.6. The molecule has 2 aromatic carbocycles. The van der Waals surface area contributed by atoms with Crippen LogP contribution < -0.4 is 10.3 Å². The van der Waals surface area contributed by atoms with Crippen molar-refractivity contribution in [2.24, 2.45) is 0 Å². The Balaban J connectivity index is 1.74. The van der Waals surface area contributed by atoms with Crippen LogP contribution in [0, 0.1) is 0 Å². The summed E-state index contributed by atoms with van der Waals surface area (Å²) in [7, 11) is 0. The number of allylic oxidation sites excluding steroid dienone is 1. The molecule has 1 amide bonds. The van der Waals surface area contributed by atoms with Gasteiger partial charge in [0, 0.05) is 30.1 Å². The molecule has 6 nitrogen and oxygen atoms in total. The predicted molar refractivity (Wildman–Crippen MR) is 169 cm³/mol. The van der Waals surface area contributed by atoms with Crippen LogP contribution >= 0.6 is 22.9 Å². The number of thiazole rings is 1. The first kappa shape index (κ1) is 31.5. The molecule has 3 heterocycles. The molecule has 0 N–H and O–H groups in total. The molecule has 2 aromatic heterocycles. The summed E-state index contributed by atoms with van der Waals surface area (Å²) < 4.78 is 46.5. The Morgan fingerprint density at radius 1 is 1.07 bits per heavy atom. The van der Waals surface area contributed by atoms with Crippen LogP contribution in [-0.4, -0.2) is 40.1 Å². The third-order valence-corrected chi connectivity index (χ3v) is 8.45. The number of ether oxygens (including phenoxy) is 1. The highest BCUT2D eigenvalue weighted by atomic mass is 35.5. The standard InChI is InChI=1S/C33H31ClF3N3O3S/c1-4-43-23-12-13-26(34)29(17-23)40-28(16-20(2)3)24(31(41)39-14-6-5-7-15-39)18-25(32(40)42)30-38-27(19-44-30)21-8-10-22(11-9-21)33(35,36)37/h8-13,16-19H,4-7,14-15H2,1-3H3. The van der Waals surface area contributed by atoms with E-state index in [9.17, 15) is 22.8 Å². The van der Waals surface area contributed by atoms with Crippen LogP contribution in [0.4, 0.5) is 13.2 Å². The van der Waals surface area contributed by atoms with Crippen molar-refractivity contribution in [3.8, 4) is 33.3 Å². The SMILES string of the molecule is CCOc1ccc(Cl)c(-n2c(C=C(C)C)c(C(=O)N3CCCCC3)cc(-c3nc(-c4ccc(C(F)(F)F)cc4)cs3)c2=O)c1. The lowest BCUT2D eigenvalue weighted by atomic mass is 10.0. The van der Waals surface area contributed by atoms with E-state index in [4.69, 9.17) is 16.3 Å². The van der Waals surface area contributed by atoms with Gasteiger partial charge >= 0.3 is 6.18 Å². The van der Waals surface area contributed by atoms with E-state index in [0.717, 1.165) is 37.0 Å². The molecule has 0 atom stereocenters. The van der Waals surface area contributed by atoms with E-state index in [-0.39, 0.29) is 16.5 Å². The van der Waals surface area contributed by atoms with Crippen LogP contribution in [0.5, 0.6) is 5.75 Å². The van der Waals surface area contributed by atoms with Crippen molar-refractivity contribution in [1.82, 2.24) is 14.5 Å². The van der Waals surface area contributed by atoms with Gasteiger partial charge < -0.3 is 9.64 Å². The van der Waals surface area contributed by atoms with E-state index in [1.165, 1.54) is 28.0 Å². The van der Waals surface area contributed by atoms with Gasteiger partial charge in [0.2, 0.25) is 0 Å². The number of piperidine rings is 1. The number of alkyl halides is 3. The Hall–Kier alpha value is -3.89. The second kappa shape index (κ2) is 13.0. The molecule has 44 heavy (non-hydrogen) atoms. The lowest BCUT2D eigenvalue weighted by Crippen LogP contribution is -2.37. The highest BCUT2D eigenvalue weighted by Crippen LogP contribution is 2.34. The van der Waals surface area contributed by atoms with Crippen LogP contribution in [-0.2, 0) is 6.18 Å². The largest absolute Gasteiger partial charge is 0.494 e. The summed E-state index contributed by atoms with van der Waals surface area (Å²) in [6.45, 7) is 7.23. The number of benzene rings is 2. The van der Waals surface area contributed by atoms with Gasteiger partial charge in [0.25, 0.3) is 11.5 Å². The van der Waals surface area contributed by atoms with Gasteiger partial charge in [-0.1, -0.05) is 29.3 Å². The Kier molecular flexibility index (Phi) is 9.31. The van der Waals surface area contributed by atoms with Crippen LogP contribution in [0.3, 0.4) is 0 Å². The summed E-state index contributed by atoms with van der Waals surface area (Å²) in [5.41, 5.74) is 1.79. The topological polar surface area (TPSA) is 64.4 Å². The molecule has 1 aliphatic heterocycles. The minimum atomic E-state index is -4.46. The Bertz CT molecular complexity index is 1770. The fourth-order valence-corrected chi connectivity index (χ4v) is 6.20. The number of hydrogen-bond donors (Lipinski definition) is 0. The van der Waals surface area contributed by atoms with E-state index < -0.39 is 17.3 Å². The van der Waals surface area contributed by atoms with Crippen LogP contribution in [0.15, 0.2) is 64.3 Å². The number of halogens is 4. The van der Waals surface area contributed by atoms with E-state index in [2.05, 4.69) is 4.98 Å². The quantitative estimate of drug-likeness (QED) is 0.202. The van der Waals surface area contributed by atoms with Crippen molar-refractivity contribution in [2.75, 3.05) is 19.7 Å². The first-order chi connectivity index (χ1) is 21.0. The third-order valence-electron chi connectivity index (χ3n) is 7.25. The molecule has 11 heteroatoms. The zero-order chi connectivity index (χ0) is 31.6. The second-order valence-electron chi connectivity index (χ2n) is 10.7. The number of nitrogens with zero attached hydrogens (tertiary/aromatic N) is 3. The zero-order valence-corrected chi connectivity index (χ0v) is 26.1. The summed E-state index contributed by atoms with van der Waals surface area (Å²) in [5, 5.41) is 2.30. The van der Waals surface area contributed by atoms with E-state index in [0.29, 0.717) is 58.7 Å². The minimum absolute atomic E-state index is 0.178. The van der Waals surface area contributed by atoms with Crippen LogP contribution in [0.1, 0.15) is 61.6 Å². The molecule has 0 saturated carbocycles. The lowest BCUT2D eigenvalue weighted by molar-refractivity contribution is -0.137. The maximum atomic E-state index is 14.4. The highest BCUT2D eigenvalue weighted by Gasteiger charge is 2.30. The minimum Gasteiger partial charge on any atom is -0.494 e. The number of amides is 1. The Labute approximate surface area is 262 Å². The van der Waals surface area contributed by atoms with Gasteiger partial charge in [0.1, 0.15) is 10.8 Å². The summed E-state index contributed by atoms with van der Waals surface area (Å²) in [4.78, 5) is 34.9. The molecule has 0 spiro atoms. The number of pyridine rings is 1. The molecule has 0 radical (unpaired) electrons. The van der Waals surface area contributed by atoms with Gasteiger partial charge in [-0.25, -0.2) is 4.98 Å². The molecular formula is C33H31ClF3N3O3S. The molecule has 0 aliphatic carbocycles. The van der Waals surface area contributed by atoms with Crippen molar-refractivity contribution in [3.05, 3.63) is 91.7 Å². The van der Waals surface area contributed by atoms with Crippen molar-refractivity contribution in [1.29, 1.82) is 0 Å². The van der Waals surface area contributed by atoms with Gasteiger partial charge in [-0.2, -0.15) is 13.2 Å². The van der Waals surface area contributed by atoms with Crippen molar-refractivity contribution in [3.63, 3.8) is 0 Å². The monoisotopic (exact) mass is 641 g/mol. The van der Waals surface area contributed by atoms with Crippen molar-refractivity contribution >= 4 is 34.9 Å². The number of carbonyl (C=O) groups excluding carboxylic acids is 1. The average molecular weight is 642 g/mol. The fourth-order valence-electron chi connectivity index (χ4n) is 5.16. The van der Waals surface area contributed by atoms with E-state index >= 15 is 0 Å². The van der Waals surface area contributed by atoms with E-state index in [1.54, 1.807) is 40.6 Å². The van der Waals surface area contributed by atoms with Crippen LogP contribution in [0.25, 0.3) is 33.6 Å². The van der Waals surface area contributed by atoms with E-state index in [1.807, 2.05) is 20.8 Å². The zero-order valence-electron chi connectivity index (χ0n) is 24.5. The molecule has 1 aliphatic rings. The summed E-state index contributed by atoms with van der Waals surface area (Å²) in [6.07, 6.45) is 0.160. The maximum Gasteiger partial charge on any atom is 0.416 e. The molecule has 0 bridgehead atoms. The van der Waals surface area contributed by atoms with Gasteiger partial charge in [-0.3, -0.25) is 14.2 Å². The summed E-state index contributed by atoms with van der Waals surface area (Å²) in [5.74, 6) is 0.305.